The minimum atomic E-state index is -3.88. The first-order valence-electron chi connectivity index (χ1n) is 9.25. The maximum absolute atomic E-state index is 12.6. The van der Waals surface area contributed by atoms with Gasteiger partial charge in [0.15, 0.2) is 0 Å². The minimum Gasteiger partial charge on any atom is -0.458 e. The Bertz CT molecular complexity index is 970. The summed E-state index contributed by atoms with van der Waals surface area (Å²) >= 11 is 6.06. The van der Waals surface area contributed by atoms with E-state index in [1.807, 2.05) is 36.4 Å². The third-order valence-electron chi connectivity index (χ3n) is 4.40. The SMILES string of the molecule is O=C(OC/C=C/c1ccccc1)c1ccc(Cl)c(S(=O)(=O)NCC2CCCO2)c1. The molecule has 0 aliphatic carbocycles. The van der Waals surface area contributed by atoms with E-state index in [4.69, 9.17) is 21.1 Å². The Kier molecular flexibility index (Phi) is 7.44. The van der Waals surface area contributed by atoms with Crippen LogP contribution >= 0.6 is 11.6 Å². The fourth-order valence-corrected chi connectivity index (χ4v) is 4.47. The van der Waals surface area contributed by atoms with Crippen molar-refractivity contribution in [1.29, 1.82) is 0 Å². The predicted molar refractivity (Wildman–Crippen MR) is 111 cm³/mol. The quantitative estimate of drug-likeness (QED) is 0.640. The third-order valence-corrected chi connectivity index (χ3v) is 6.31. The van der Waals surface area contributed by atoms with Crippen molar-refractivity contribution in [2.75, 3.05) is 19.8 Å². The van der Waals surface area contributed by atoms with Crippen LogP contribution in [0.2, 0.25) is 5.02 Å². The predicted octanol–water partition coefficient (Wildman–Crippen LogP) is 3.67. The zero-order valence-electron chi connectivity index (χ0n) is 15.7. The molecule has 2 aromatic carbocycles. The van der Waals surface area contributed by atoms with Crippen molar-refractivity contribution in [2.45, 2.75) is 23.8 Å². The van der Waals surface area contributed by atoms with E-state index in [0.717, 1.165) is 18.4 Å². The monoisotopic (exact) mass is 435 g/mol. The highest BCUT2D eigenvalue weighted by atomic mass is 35.5. The lowest BCUT2D eigenvalue weighted by molar-refractivity contribution is 0.0550. The van der Waals surface area contributed by atoms with Crippen LogP contribution in [0.5, 0.6) is 0 Å². The number of halogens is 1. The fourth-order valence-electron chi connectivity index (χ4n) is 2.88. The molecule has 3 rings (SSSR count). The molecule has 1 atom stereocenters. The number of sulfonamides is 1. The molecule has 1 heterocycles. The van der Waals surface area contributed by atoms with Gasteiger partial charge < -0.3 is 9.47 Å². The summed E-state index contributed by atoms with van der Waals surface area (Å²) in [6.07, 6.45) is 5.11. The van der Waals surface area contributed by atoms with Crippen LogP contribution < -0.4 is 4.72 Å². The number of nitrogens with one attached hydrogen (secondary N) is 1. The van der Waals surface area contributed by atoms with Crippen LogP contribution in [-0.4, -0.2) is 40.2 Å². The van der Waals surface area contributed by atoms with Crippen molar-refractivity contribution < 1.29 is 22.7 Å². The van der Waals surface area contributed by atoms with Crippen LogP contribution in [0.3, 0.4) is 0 Å². The molecule has 29 heavy (non-hydrogen) atoms. The smallest absolute Gasteiger partial charge is 0.338 e. The van der Waals surface area contributed by atoms with Gasteiger partial charge in [0, 0.05) is 13.2 Å². The summed E-state index contributed by atoms with van der Waals surface area (Å²) in [5, 5.41) is 0.0327. The Morgan fingerprint density at radius 2 is 2.03 bits per heavy atom. The molecule has 6 nitrogen and oxygen atoms in total. The van der Waals surface area contributed by atoms with Crippen molar-refractivity contribution in [1.82, 2.24) is 4.72 Å². The Morgan fingerprint density at radius 1 is 1.24 bits per heavy atom. The Hall–Kier alpha value is -2.19. The maximum Gasteiger partial charge on any atom is 0.338 e. The van der Waals surface area contributed by atoms with Gasteiger partial charge in [-0.3, -0.25) is 0 Å². The molecule has 1 saturated heterocycles. The lowest BCUT2D eigenvalue weighted by atomic mass is 10.2. The van der Waals surface area contributed by atoms with Gasteiger partial charge in [-0.25, -0.2) is 17.9 Å². The van der Waals surface area contributed by atoms with Crippen LogP contribution in [0.15, 0.2) is 59.5 Å². The van der Waals surface area contributed by atoms with Gasteiger partial charge in [-0.2, -0.15) is 0 Å². The molecule has 8 heteroatoms. The van der Waals surface area contributed by atoms with Crippen molar-refractivity contribution in [3.63, 3.8) is 0 Å². The molecule has 1 aliphatic rings. The van der Waals surface area contributed by atoms with Crippen LogP contribution in [-0.2, 0) is 19.5 Å². The summed E-state index contributed by atoms with van der Waals surface area (Å²) in [6.45, 7) is 0.862. The van der Waals surface area contributed by atoms with Crippen molar-refractivity contribution in [3.8, 4) is 0 Å². The summed E-state index contributed by atoms with van der Waals surface area (Å²) in [6, 6.07) is 13.6. The first-order valence-corrected chi connectivity index (χ1v) is 11.1. The minimum absolute atomic E-state index is 0.0327. The summed E-state index contributed by atoms with van der Waals surface area (Å²) in [5.74, 6) is -0.630. The zero-order chi connectivity index (χ0) is 20.7. The fraction of sp³-hybridized carbons (Fsp3) is 0.286. The standard InChI is InChI=1S/C21H22ClNO5S/c22-19-11-10-17(21(24)28-13-4-8-16-6-2-1-3-7-16)14-20(19)29(25,26)23-15-18-9-5-12-27-18/h1-4,6-8,10-11,14,18,23H,5,9,12-13,15H2/b8-4+. The van der Waals surface area contributed by atoms with E-state index in [1.54, 1.807) is 6.08 Å². The number of rotatable bonds is 8. The highest BCUT2D eigenvalue weighted by Crippen LogP contribution is 2.23. The maximum atomic E-state index is 12.6. The van der Waals surface area contributed by atoms with Crippen LogP contribution in [0.1, 0.15) is 28.8 Å². The second-order valence-electron chi connectivity index (χ2n) is 6.54. The van der Waals surface area contributed by atoms with E-state index in [9.17, 15) is 13.2 Å². The van der Waals surface area contributed by atoms with Gasteiger partial charge >= 0.3 is 5.97 Å². The van der Waals surface area contributed by atoms with Gasteiger partial charge in [0.05, 0.1) is 16.7 Å². The molecular formula is C21H22ClNO5S. The molecule has 0 spiro atoms. The first kappa shape index (κ1) is 21.5. The summed E-state index contributed by atoms with van der Waals surface area (Å²) in [5.41, 5.74) is 1.10. The summed E-state index contributed by atoms with van der Waals surface area (Å²) < 4.78 is 38.3. The highest BCUT2D eigenvalue weighted by molar-refractivity contribution is 7.89. The number of carbonyl (C=O) groups excluding carboxylic acids is 1. The van der Waals surface area contributed by atoms with Gasteiger partial charge in [-0.15, -0.1) is 0 Å². The van der Waals surface area contributed by atoms with E-state index in [2.05, 4.69) is 4.72 Å². The van der Waals surface area contributed by atoms with Gasteiger partial charge in [-0.05, 0) is 42.7 Å². The lowest BCUT2D eigenvalue weighted by Crippen LogP contribution is -2.32. The second kappa shape index (κ2) is 10.0. The molecule has 1 fully saturated rings. The molecule has 0 radical (unpaired) electrons. The summed E-state index contributed by atoms with van der Waals surface area (Å²) in [7, 11) is -3.88. The number of carbonyl (C=O) groups is 1. The molecule has 0 bridgehead atoms. The second-order valence-corrected chi connectivity index (χ2v) is 8.69. The first-order chi connectivity index (χ1) is 14.0. The van der Waals surface area contributed by atoms with E-state index in [1.165, 1.54) is 18.2 Å². The van der Waals surface area contributed by atoms with Crippen molar-refractivity contribution in [3.05, 3.63) is 70.8 Å². The number of benzene rings is 2. The number of ether oxygens (including phenoxy) is 2. The highest BCUT2D eigenvalue weighted by Gasteiger charge is 2.23. The Morgan fingerprint density at radius 3 is 2.76 bits per heavy atom. The molecule has 1 N–H and O–H groups in total. The van der Waals surface area contributed by atoms with Crippen molar-refractivity contribution >= 4 is 33.7 Å². The van der Waals surface area contributed by atoms with Crippen molar-refractivity contribution in [2.24, 2.45) is 0 Å². The van der Waals surface area contributed by atoms with Gasteiger partial charge in [-0.1, -0.05) is 48.0 Å². The molecule has 1 aliphatic heterocycles. The zero-order valence-corrected chi connectivity index (χ0v) is 17.3. The average Bonchev–Trinajstić information content (AvgIpc) is 3.24. The molecule has 2 aromatic rings. The third kappa shape index (κ3) is 6.14. The van der Waals surface area contributed by atoms with Crippen LogP contribution in [0.25, 0.3) is 6.08 Å². The molecule has 0 saturated carbocycles. The molecule has 0 aromatic heterocycles. The largest absolute Gasteiger partial charge is 0.458 e. The molecule has 0 amide bonds. The topological polar surface area (TPSA) is 81.7 Å². The Balaban J connectivity index is 1.62. The van der Waals surface area contributed by atoms with Gasteiger partial charge in [0.2, 0.25) is 10.0 Å². The van der Waals surface area contributed by atoms with E-state index >= 15 is 0 Å². The lowest BCUT2D eigenvalue weighted by Gasteiger charge is -2.13. The normalized spacial score (nSPS) is 16.9. The van der Waals surface area contributed by atoms with Gasteiger partial charge in [0.25, 0.3) is 0 Å². The van der Waals surface area contributed by atoms with Gasteiger partial charge in [0.1, 0.15) is 11.5 Å². The molecule has 1 unspecified atom stereocenters. The Labute approximate surface area is 175 Å². The van der Waals surface area contributed by atoms with E-state index < -0.39 is 16.0 Å². The summed E-state index contributed by atoms with van der Waals surface area (Å²) in [4.78, 5) is 12.1. The van der Waals surface area contributed by atoms with Crippen LogP contribution in [0.4, 0.5) is 0 Å². The van der Waals surface area contributed by atoms with E-state index in [-0.39, 0.29) is 34.7 Å². The molecule has 154 valence electrons. The number of esters is 1. The number of hydrogen-bond acceptors (Lipinski definition) is 5. The molecular weight excluding hydrogens is 414 g/mol. The van der Waals surface area contributed by atoms with Crippen LogP contribution in [0, 0.1) is 0 Å². The number of hydrogen-bond donors (Lipinski definition) is 1. The van der Waals surface area contributed by atoms with E-state index in [0.29, 0.717) is 6.61 Å². The average molecular weight is 436 g/mol.